The highest BCUT2D eigenvalue weighted by Gasteiger charge is 2.18. The van der Waals surface area contributed by atoms with Crippen LogP contribution in [-0.4, -0.2) is 26.4 Å². The van der Waals surface area contributed by atoms with Gasteiger partial charge in [0.1, 0.15) is 0 Å². The van der Waals surface area contributed by atoms with Crippen molar-refractivity contribution in [1.82, 2.24) is 20.1 Å². The van der Waals surface area contributed by atoms with Crippen LogP contribution in [0.5, 0.6) is 0 Å². The van der Waals surface area contributed by atoms with E-state index in [1.165, 1.54) is 11.8 Å². The van der Waals surface area contributed by atoms with Crippen LogP contribution >= 0.6 is 23.1 Å². The summed E-state index contributed by atoms with van der Waals surface area (Å²) in [7, 11) is 0. The van der Waals surface area contributed by atoms with Crippen molar-refractivity contribution in [3.05, 3.63) is 53.4 Å². The first kappa shape index (κ1) is 20.6. The summed E-state index contributed by atoms with van der Waals surface area (Å²) in [6.07, 6.45) is 0.911. The average Bonchev–Trinajstić information content (AvgIpc) is 3.35. The normalized spacial score (nSPS) is 12.3. The molecule has 0 aliphatic rings. The van der Waals surface area contributed by atoms with Gasteiger partial charge in [0.2, 0.25) is 5.91 Å². The molecule has 2 aromatic heterocycles. The van der Waals surface area contributed by atoms with E-state index in [0.29, 0.717) is 11.7 Å². The van der Waals surface area contributed by atoms with Gasteiger partial charge in [0.15, 0.2) is 11.0 Å². The SMILES string of the molecule is CCn1c(SCC(=O)N[C@H](CC(C)C)c2ccccc2)nnc1-c1cccs1. The van der Waals surface area contributed by atoms with E-state index in [1.54, 1.807) is 11.3 Å². The molecule has 0 fully saturated rings. The van der Waals surface area contributed by atoms with Crippen LogP contribution in [0.25, 0.3) is 10.7 Å². The van der Waals surface area contributed by atoms with Gasteiger partial charge < -0.3 is 9.88 Å². The first-order valence-electron chi connectivity index (χ1n) is 9.52. The molecule has 0 spiro atoms. The molecule has 28 heavy (non-hydrogen) atoms. The van der Waals surface area contributed by atoms with Crippen molar-refractivity contribution in [3.63, 3.8) is 0 Å². The lowest BCUT2D eigenvalue weighted by atomic mass is 9.97. The maximum Gasteiger partial charge on any atom is 0.230 e. The number of benzene rings is 1. The molecule has 0 aliphatic carbocycles. The standard InChI is InChI=1S/C21H26N4OS2/c1-4-25-20(18-11-8-12-27-18)23-24-21(25)28-14-19(26)22-17(13-15(2)3)16-9-6-5-7-10-16/h5-12,15,17H,4,13-14H2,1-3H3,(H,22,26)/t17-/m1/s1. The van der Waals surface area contributed by atoms with Gasteiger partial charge in [-0.25, -0.2) is 0 Å². The predicted molar refractivity (Wildman–Crippen MR) is 117 cm³/mol. The second-order valence-electron chi connectivity index (χ2n) is 6.98. The highest BCUT2D eigenvalue weighted by atomic mass is 32.2. The largest absolute Gasteiger partial charge is 0.349 e. The van der Waals surface area contributed by atoms with Gasteiger partial charge >= 0.3 is 0 Å². The van der Waals surface area contributed by atoms with E-state index in [0.717, 1.165) is 34.4 Å². The predicted octanol–water partition coefficient (Wildman–Crippen LogP) is 5.02. The number of amides is 1. The number of thioether (sulfide) groups is 1. The van der Waals surface area contributed by atoms with E-state index in [2.05, 4.69) is 53.0 Å². The molecule has 148 valence electrons. The molecule has 1 N–H and O–H groups in total. The van der Waals surface area contributed by atoms with Crippen LogP contribution in [0.4, 0.5) is 0 Å². The maximum atomic E-state index is 12.6. The number of hydrogen-bond donors (Lipinski definition) is 1. The molecule has 1 aromatic carbocycles. The van der Waals surface area contributed by atoms with Gasteiger partial charge in [-0.3, -0.25) is 4.79 Å². The Kier molecular flexibility index (Phi) is 7.28. The van der Waals surface area contributed by atoms with Crippen LogP contribution in [0.2, 0.25) is 0 Å². The zero-order valence-corrected chi connectivity index (χ0v) is 18.1. The molecule has 0 saturated heterocycles. The number of carbonyl (C=O) groups excluding carboxylic acids is 1. The number of nitrogens with zero attached hydrogens (tertiary/aromatic N) is 3. The Morgan fingerprint density at radius 1 is 1.18 bits per heavy atom. The molecule has 0 radical (unpaired) electrons. The smallest absolute Gasteiger partial charge is 0.230 e. The Bertz CT molecular complexity index is 875. The Balaban J connectivity index is 1.65. The molecule has 1 atom stereocenters. The minimum atomic E-state index is 0.0165. The first-order chi connectivity index (χ1) is 13.6. The number of rotatable bonds is 9. The molecule has 1 amide bonds. The van der Waals surface area contributed by atoms with Crippen LogP contribution < -0.4 is 5.32 Å². The van der Waals surface area contributed by atoms with E-state index in [1.807, 2.05) is 35.7 Å². The molecule has 5 nitrogen and oxygen atoms in total. The summed E-state index contributed by atoms with van der Waals surface area (Å²) in [4.78, 5) is 13.7. The van der Waals surface area contributed by atoms with E-state index in [9.17, 15) is 4.79 Å². The second kappa shape index (κ2) is 9.89. The van der Waals surface area contributed by atoms with Crippen LogP contribution in [-0.2, 0) is 11.3 Å². The Morgan fingerprint density at radius 3 is 2.61 bits per heavy atom. The summed E-state index contributed by atoms with van der Waals surface area (Å²) in [5, 5.41) is 14.6. The third kappa shape index (κ3) is 5.23. The second-order valence-corrected chi connectivity index (χ2v) is 8.87. The maximum absolute atomic E-state index is 12.6. The minimum absolute atomic E-state index is 0.0165. The van der Waals surface area contributed by atoms with E-state index < -0.39 is 0 Å². The van der Waals surface area contributed by atoms with Gasteiger partial charge in [-0.2, -0.15) is 0 Å². The van der Waals surface area contributed by atoms with Gasteiger partial charge in [-0.1, -0.05) is 62.0 Å². The van der Waals surface area contributed by atoms with Crippen LogP contribution in [0.1, 0.15) is 38.8 Å². The van der Waals surface area contributed by atoms with Crippen molar-refractivity contribution in [3.8, 4) is 10.7 Å². The molecule has 0 bridgehead atoms. The number of carbonyl (C=O) groups is 1. The van der Waals surface area contributed by atoms with E-state index in [4.69, 9.17) is 0 Å². The molecule has 0 unspecified atom stereocenters. The number of nitrogens with one attached hydrogen (secondary N) is 1. The molecule has 2 heterocycles. The summed E-state index contributed by atoms with van der Waals surface area (Å²) >= 11 is 3.08. The molecule has 7 heteroatoms. The fraction of sp³-hybridized carbons (Fsp3) is 0.381. The first-order valence-corrected chi connectivity index (χ1v) is 11.4. The zero-order valence-electron chi connectivity index (χ0n) is 16.5. The Morgan fingerprint density at radius 2 is 1.96 bits per heavy atom. The Hall–Kier alpha value is -2.12. The van der Waals surface area contributed by atoms with E-state index in [-0.39, 0.29) is 11.9 Å². The van der Waals surface area contributed by atoms with Crippen LogP contribution in [0.15, 0.2) is 53.0 Å². The monoisotopic (exact) mass is 414 g/mol. The average molecular weight is 415 g/mol. The van der Waals surface area contributed by atoms with Gasteiger partial charge in [-0.15, -0.1) is 21.5 Å². The number of thiophene rings is 1. The topological polar surface area (TPSA) is 59.8 Å². The number of aromatic nitrogens is 3. The summed E-state index contributed by atoms with van der Waals surface area (Å²) in [6.45, 7) is 7.18. The zero-order chi connectivity index (χ0) is 19.9. The lowest BCUT2D eigenvalue weighted by Gasteiger charge is -2.21. The van der Waals surface area contributed by atoms with E-state index >= 15 is 0 Å². The molecular weight excluding hydrogens is 388 g/mol. The van der Waals surface area contributed by atoms with Crippen molar-refractivity contribution in [2.24, 2.45) is 5.92 Å². The van der Waals surface area contributed by atoms with Gasteiger partial charge in [0.25, 0.3) is 0 Å². The lowest BCUT2D eigenvalue weighted by Crippen LogP contribution is -2.31. The van der Waals surface area contributed by atoms with Crippen LogP contribution in [0, 0.1) is 5.92 Å². The van der Waals surface area contributed by atoms with Crippen molar-refractivity contribution < 1.29 is 4.79 Å². The van der Waals surface area contributed by atoms with Crippen molar-refractivity contribution in [2.75, 3.05) is 5.75 Å². The quantitative estimate of drug-likeness (QED) is 0.499. The number of hydrogen-bond acceptors (Lipinski definition) is 5. The molecule has 0 saturated carbocycles. The van der Waals surface area contributed by atoms with Crippen molar-refractivity contribution >= 4 is 29.0 Å². The summed E-state index contributed by atoms with van der Waals surface area (Å²) in [6, 6.07) is 14.2. The lowest BCUT2D eigenvalue weighted by molar-refractivity contribution is -0.119. The summed E-state index contributed by atoms with van der Waals surface area (Å²) in [5.41, 5.74) is 1.14. The third-order valence-electron chi connectivity index (χ3n) is 4.35. The highest BCUT2D eigenvalue weighted by Crippen LogP contribution is 2.27. The van der Waals surface area contributed by atoms with Gasteiger partial charge in [0, 0.05) is 6.54 Å². The van der Waals surface area contributed by atoms with Crippen molar-refractivity contribution in [1.29, 1.82) is 0 Å². The fourth-order valence-corrected chi connectivity index (χ4v) is 4.60. The summed E-state index contributed by atoms with van der Waals surface area (Å²) < 4.78 is 2.06. The molecule has 3 rings (SSSR count). The fourth-order valence-electron chi connectivity index (χ4n) is 3.07. The van der Waals surface area contributed by atoms with Crippen molar-refractivity contribution in [2.45, 2.75) is 44.9 Å². The third-order valence-corrected chi connectivity index (χ3v) is 6.18. The van der Waals surface area contributed by atoms with Gasteiger partial charge in [-0.05, 0) is 36.3 Å². The van der Waals surface area contributed by atoms with Gasteiger partial charge in [0.05, 0.1) is 16.7 Å². The van der Waals surface area contributed by atoms with Crippen LogP contribution in [0.3, 0.4) is 0 Å². The highest BCUT2D eigenvalue weighted by molar-refractivity contribution is 7.99. The minimum Gasteiger partial charge on any atom is -0.349 e. The summed E-state index contributed by atoms with van der Waals surface area (Å²) in [5.74, 6) is 1.70. The Labute approximate surface area is 174 Å². The molecule has 3 aromatic rings. The molecule has 0 aliphatic heterocycles. The molecular formula is C21H26N4OS2.